The number of fused-ring (bicyclic) bond motifs is 1. The minimum absolute atomic E-state index is 0.0504. The number of carbonyl (C=O) groups is 2. The summed E-state index contributed by atoms with van der Waals surface area (Å²) in [4.78, 5) is 27.2. The molecule has 2 unspecified atom stereocenters. The van der Waals surface area contributed by atoms with Gasteiger partial charge in [0.2, 0.25) is 0 Å². The molecule has 194 valence electrons. The third-order valence-corrected chi connectivity index (χ3v) is 8.03. The number of ketones is 1. The predicted molar refractivity (Wildman–Crippen MR) is 141 cm³/mol. The Hall–Kier alpha value is -3.64. The van der Waals surface area contributed by atoms with Gasteiger partial charge < -0.3 is 14.8 Å². The van der Waals surface area contributed by atoms with E-state index in [1.54, 1.807) is 11.8 Å². The summed E-state index contributed by atoms with van der Waals surface area (Å²) in [6.07, 6.45) is 3.65. The van der Waals surface area contributed by atoms with Gasteiger partial charge in [-0.2, -0.15) is 10.4 Å². The lowest BCUT2D eigenvalue weighted by Gasteiger charge is -2.22. The smallest absolute Gasteiger partial charge is 0.407 e. The van der Waals surface area contributed by atoms with Crippen molar-refractivity contribution in [3.63, 3.8) is 0 Å². The van der Waals surface area contributed by atoms with Crippen LogP contribution >= 0.6 is 11.3 Å². The van der Waals surface area contributed by atoms with Crippen LogP contribution in [-0.4, -0.2) is 34.9 Å². The quantitative estimate of drug-likeness (QED) is 0.436. The number of hydrogen-bond acceptors (Lipinski definition) is 7. The van der Waals surface area contributed by atoms with Crippen LogP contribution in [0.3, 0.4) is 0 Å². The van der Waals surface area contributed by atoms with Crippen LogP contribution in [0.2, 0.25) is 0 Å². The van der Waals surface area contributed by atoms with Gasteiger partial charge in [0.25, 0.3) is 0 Å². The van der Waals surface area contributed by atoms with Gasteiger partial charge in [-0.15, -0.1) is 11.3 Å². The van der Waals surface area contributed by atoms with E-state index in [0.29, 0.717) is 37.8 Å². The number of rotatable bonds is 9. The summed E-state index contributed by atoms with van der Waals surface area (Å²) in [5.41, 5.74) is 4.49. The van der Waals surface area contributed by atoms with Crippen LogP contribution in [-0.2, 0) is 42.4 Å². The number of aryl methyl sites for hydroxylation is 2. The molecule has 1 N–H and O–H groups in total. The fourth-order valence-electron chi connectivity index (χ4n) is 4.81. The number of alkyl carbamates (subject to hydrolysis) is 1. The molecule has 1 aliphatic carbocycles. The van der Waals surface area contributed by atoms with Crippen molar-refractivity contribution in [2.45, 2.75) is 64.5 Å². The number of ether oxygens (including phenoxy) is 2. The maximum Gasteiger partial charge on any atom is 0.407 e. The molecule has 1 aliphatic rings. The molecular formula is C28H32N4O4S. The number of nitrogens with one attached hydrogen (secondary N) is 1. The summed E-state index contributed by atoms with van der Waals surface area (Å²) < 4.78 is 12.7. The first-order valence-electron chi connectivity index (χ1n) is 12.4. The van der Waals surface area contributed by atoms with Crippen molar-refractivity contribution >= 4 is 23.2 Å². The minimum atomic E-state index is -0.462. The lowest BCUT2D eigenvalue weighted by atomic mass is 9.91. The van der Waals surface area contributed by atoms with Crippen molar-refractivity contribution in [1.82, 2.24) is 15.1 Å². The summed E-state index contributed by atoms with van der Waals surface area (Å²) in [6, 6.07) is 10.1. The molecule has 37 heavy (non-hydrogen) atoms. The first-order chi connectivity index (χ1) is 17.8. The summed E-state index contributed by atoms with van der Waals surface area (Å²) in [7, 11) is 3.47. The molecule has 1 aromatic carbocycles. The van der Waals surface area contributed by atoms with E-state index < -0.39 is 6.09 Å². The Balaban J connectivity index is 1.35. The SMILES string of the molecule is COc1cccc(C(C)CC(=O)Cc2sc3c(c2C#N)CCC(OC(=O)NCc2cn(C)nc2C)C3)c1. The zero-order valence-electron chi connectivity index (χ0n) is 21.7. The lowest BCUT2D eigenvalue weighted by Crippen LogP contribution is -2.31. The van der Waals surface area contributed by atoms with Gasteiger partial charge in [0, 0.05) is 54.4 Å². The second-order valence-corrected chi connectivity index (χ2v) is 10.7. The van der Waals surface area contributed by atoms with E-state index in [2.05, 4.69) is 16.5 Å². The molecule has 1 amide bonds. The fraction of sp³-hybridized carbons (Fsp3) is 0.429. The first-order valence-corrected chi connectivity index (χ1v) is 13.2. The van der Waals surface area contributed by atoms with E-state index in [1.807, 2.05) is 51.4 Å². The van der Waals surface area contributed by atoms with Crippen molar-refractivity contribution < 1.29 is 19.1 Å². The maximum absolute atomic E-state index is 12.9. The van der Waals surface area contributed by atoms with E-state index in [9.17, 15) is 14.9 Å². The molecule has 0 aliphatic heterocycles. The highest BCUT2D eigenvalue weighted by Crippen LogP contribution is 2.36. The summed E-state index contributed by atoms with van der Waals surface area (Å²) >= 11 is 1.50. The predicted octanol–water partition coefficient (Wildman–Crippen LogP) is 4.76. The second-order valence-electron chi connectivity index (χ2n) is 9.55. The Labute approximate surface area is 221 Å². The number of aromatic nitrogens is 2. The average molecular weight is 521 g/mol. The Kier molecular flexibility index (Phi) is 8.29. The standard InChI is InChI=1S/C28H32N4O4S/c1-17(19-6-5-7-22(11-19)35-4)10-21(33)12-26-25(14-29)24-9-8-23(13-27(24)37-26)36-28(34)30-15-20-16-32(3)31-18(20)2/h5-7,11,16-17,23H,8-10,12-13,15H2,1-4H3,(H,30,34). The minimum Gasteiger partial charge on any atom is -0.497 e. The number of methoxy groups -OCH3 is 1. The molecule has 0 radical (unpaired) electrons. The Bertz CT molecular complexity index is 1340. The number of benzene rings is 1. The highest BCUT2D eigenvalue weighted by Gasteiger charge is 2.28. The molecule has 9 heteroatoms. The Morgan fingerprint density at radius 2 is 2.19 bits per heavy atom. The number of hydrogen-bond donors (Lipinski definition) is 1. The molecular weight excluding hydrogens is 488 g/mol. The van der Waals surface area contributed by atoms with Gasteiger partial charge in [0.1, 0.15) is 23.7 Å². The first kappa shape index (κ1) is 26.4. The number of thiophene rings is 1. The van der Waals surface area contributed by atoms with Crippen molar-refractivity contribution in [3.8, 4) is 11.8 Å². The summed E-state index contributed by atoms with van der Waals surface area (Å²) in [6.45, 7) is 4.28. The van der Waals surface area contributed by atoms with Crippen LogP contribution in [0.4, 0.5) is 4.79 Å². The largest absolute Gasteiger partial charge is 0.497 e. The molecule has 4 rings (SSSR count). The molecule has 2 heterocycles. The maximum atomic E-state index is 12.9. The van der Waals surface area contributed by atoms with Gasteiger partial charge in [0.05, 0.1) is 18.4 Å². The molecule has 2 aromatic heterocycles. The summed E-state index contributed by atoms with van der Waals surface area (Å²) in [5.74, 6) is 0.921. The molecule has 2 atom stereocenters. The van der Waals surface area contributed by atoms with Crippen molar-refractivity contribution in [2.75, 3.05) is 7.11 Å². The van der Waals surface area contributed by atoms with Gasteiger partial charge >= 0.3 is 6.09 Å². The third kappa shape index (κ3) is 6.38. The molecule has 0 fully saturated rings. The lowest BCUT2D eigenvalue weighted by molar-refractivity contribution is -0.118. The summed E-state index contributed by atoms with van der Waals surface area (Å²) in [5, 5.41) is 16.9. The topological polar surface area (TPSA) is 106 Å². The number of nitriles is 1. The van der Waals surface area contributed by atoms with E-state index in [-0.39, 0.29) is 24.2 Å². The highest BCUT2D eigenvalue weighted by atomic mass is 32.1. The van der Waals surface area contributed by atoms with Crippen LogP contribution in [0.15, 0.2) is 30.5 Å². The zero-order chi connectivity index (χ0) is 26.5. The normalized spacial score (nSPS) is 15.4. The second kappa shape index (κ2) is 11.6. The van der Waals surface area contributed by atoms with Crippen molar-refractivity contribution in [1.29, 1.82) is 5.26 Å². The van der Waals surface area contributed by atoms with Crippen LogP contribution in [0.1, 0.15) is 63.4 Å². The zero-order valence-corrected chi connectivity index (χ0v) is 22.5. The van der Waals surface area contributed by atoms with Gasteiger partial charge in [-0.25, -0.2) is 4.79 Å². The van der Waals surface area contributed by atoms with Gasteiger partial charge in [-0.3, -0.25) is 9.48 Å². The van der Waals surface area contributed by atoms with Crippen LogP contribution < -0.4 is 10.1 Å². The van der Waals surface area contributed by atoms with Crippen LogP contribution in [0.25, 0.3) is 0 Å². The van der Waals surface area contributed by atoms with Crippen LogP contribution in [0.5, 0.6) is 5.75 Å². The van der Waals surface area contributed by atoms with E-state index in [0.717, 1.165) is 37.9 Å². The molecule has 8 nitrogen and oxygen atoms in total. The van der Waals surface area contributed by atoms with Gasteiger partial charge in [-0.1, -0.05) is 19.1 Å². The number of amides is 1. The van der Waals surface area contributed by atoms with Crippen LogP contribution in [0, 0.1) is 18.3 Å². The van der Waals surface area contributed by atoms with Crippen molar-refractivity contribution in [2.24, 2.45) is 7.05 Å². The Morgan fingerprint density at radius 3 is 2.89 bits per heavy atom. The van der Waals surface area contributed by atoms with E-state index in [1.165, 1.54) is 11.3 Å². The fourth-order valence-corrected chi connectivity index (χ4v) is 6.21. The van der Waals surface area contributed by atoms with E-state index in [4.69, 9.17) is 9.47 Å². The molecule has 0 spiro atoms. The molecule has 0 bridgehead atoms. The third-order valence-electron chi connectivity index (χ3n) is 6.77. The van der Waals surface area contributed by atoms with Crippen molar-refractivity contribution in [3.05, 3.63) is 68.2 Å². The highest BCUT2D eigenvalue weighted by molar-refractivity contribution is 7.12. The van der Waals surface area contributed by atoms with Gasteiger partial charge in [-0.05, 0) is 48.9 Å². The average Bonchev–Trinajstić information content (AvgIpc) is 3.39. The molecule has 0 saturated heterocycles. The number of carbonyl (C=O) groups excluding carboxylic acids is 2. The monoisotopic (exact) mass is 520 g/mol. The van der Waals surface area contributed by atoms with E-state index >= 15 is 0 Å². The van der Waals surface area contributed by atoms with Gasteiger partial charge in [0.15, 0.2) is 0 Å². The number of Topliss-reactive ketones (excluding diaryl/α,β-unsaturated/α-hetero) is 1. The molecule has 0 saturated carbocycles. The number of nitrogens with zero attached hydrogens (tertiary/aromatic N) is 3. The Morgan fingerprint density at radius 1 is 1.38 bits per heavy atom. The molecule has 3 aromatic rings.